The number of ether oxygens (including phenoxy) is 1. The Morgan fingerprint density at radius 3 is 2.39 bits per heavy atom. The third-order valence-electron chi connectivity index (χ3n) is 3.83. The molecule has 0 bridgehead atoms. The molecule has 0 atom stereocenters. The van der Waals surface area contributed by atoms with Gasteiger partial charge in [-0.25, -0.2) is 17.1 Å². The van der Waals surface area contributed by atoms with E-state index in [-0.39, 0.29) is 22.6 Å². The number of fused-ring (bicyclic) bond motifs is 1. The maximum Gasteiger partial charge on any atom is 0.269 e. The first-order valence-corrected chi connectivity index (χ1v) is 8.29. The van der Waals surface area contributed by atoms with Gasteiger partial charge in [-0.15, -0.1) is 0 Å². The summed E-state index contributed by atoms with van der Waals surface area (Å²) in [6, 6.07) is 9.04. The first-order valence-electron chi connectivity index (χ1n) is 6.85. The van der Waals surface area contributed by atoms with Gasteiger partial charge in [0, 0.05) is 5.56 Å². The number of benzene rings is 2. The Morgan fingerprint density at radius 2 is 1.78 bits per heavy atom. The number of carbonyl (C=O) groups excluding carboxylic acids is 1. The van der Waals surface area contributed by atoms with E-state index < -0.39 is 21.7 Å². The van der Waals surface area contributed by atoms with Gasteiger partial charge in [-0.2, -0.15) is 0 Å². The van der Waals surface area contributed by atoms with E-state index in [2.05, 4.69) is 0 Å². The molecule has 23 heavy (non-hydrogen) atoms. The lowest BCUT2D eigenvalue weighted by Crippen LogP contribution is -2.29. The SMILES string of the molecule is COc1ccc(CN2C(=O)c3ccc(F)c(C)c3S2(=O)=O)cc1. The summed E-state index contributed by atoms with van der Waals surface area (Å²) in [5.41, 5.74) is 0.610. The molecule has 7 heteroatoms. The predicted molar refractivity (Wildman–Crippen MR) is 81.2 cm³/mol. The third kappa shape index (κ3) is 2.37. The van der Waals surface area contributed by atoms with Crippen LogP contribution in [0.15, 0.2) is 41.3 Å². The van der Waals surface area contributed by atoms with Crippen LogP contribution in [0.4, 0.5) is 4.39 Å². The van der Waals surface area contributed by atoms with E-state index in [4.69, 9.17) is 4.74 Å². The van der Waals surface area contributed by atoms with Crippen molar-refractivity contribution in [3.05, 3.63) is 58.9 Å². The zero-order chi connectivity index (χ0) is 16.8. The molecule has 0 saturated heterocycles. The minimum Gasteiger partial charge on any atom is -0.497 e. The molecule has 2 aromatic rings. The van der Waals surface area contributed by atoms with Crippen molar-refractivity contribution in [1.82, 2.24) is 4.31 Å². The fraction of sp³-hybridized carbons (Fsp3) is 0.188. The fourth-order valence-electron chi connectivity index (χ4n) is 2.58. The summed E-state index contributed by atoms with van der Waals surface area (Å²) < 4.78 is 44.7. The zero-order valence-corrected chi connectivity index (χ0v) is 13.4. The monoisotopic (exact) mass is 335 g/mol. The Balaban J connectivity index is 2.02. The van der Waals surface area contributed by atoms with E-state index in [1.165, 1.54) is 20.1 Å². The second-order valence-corrected chi connectivity index (χ2v) is 7.01. The van der Waals surface area contributed by atoms with Crippen molar-refractivity contribution in [3.8, 4) is 5.75 Å². The molecular formula is C16H14FNO4S. The van der Waals surface area contributed by atoms with Gasteiger partial charge in [-0.3, -0.25) is 4.79 Å². The molecule has 0 aliphatic carbocycles. The van der Waals surface area contributed by atoms with Crippen molar-refractivity contribution in [2.75, 3.05) is 7.11 Å². The second-order valence-electron chi connectivity index (χ2n) is 5.21. The average molecular weight is 335 g/mol. The Morgan fingerprint density at radius 1 is 1.13 bits per heavy atom. The Hall–Kier alpha value is -2.41. The predicted octanol–water partition coefficient (Wildman–Crippen LogP) is 2.49. The molecule has 0 saturated carbocycles. The van der Waals surface area contributed by atoms with Gasteiger partial charge < -0.3 is 4.74 Å². The molecular weight excluding hydrogens is 321 g/mol. The highest BCUT2D eigenvalue weighted by molar-refractivity contribution is 7.90. The number of nitrogens with zero attached hydrogens (tertiary/aromatic N) is 1. The summed E-state index contributed by atoms with van der Waals surface area (Å²) in [7, 11) is -2.52. The molecule has 1 aliphatic heterocycles. The normalized spacial score (nSPS) is 15.6. The van der Waals surface area contributed by atoms with Crippen molar-refractivity contribution >= 4 is 15.9 Å². The molecule has 0 unspecified atom stereocenters. The number of sulfonamides is 1. The van der Waals surface area contributed by atoms with Crippen molar-refractivity contribution in [3.63, 3.8) is 0 Å². The van der Waals surface area contributed by atoms with Gasteiger partial charge in [0.1, 0.15) is 16.5 Å². The molecule has 0 aromatic heterocycles. The molecule has 0 radical (unpaired) electrons. The smallest absolute Gasteiger partial charge is 0.269 e. The van der Waals surface area contributed by atoms with Crippen LogP contribution in [0.1, 0.15) is 21.5 Å². The lowest BCUT2D eigenvalue weighted by Gasteiger charge is -2.15. The van der Waals surface area contributed by atoms with Crippen LogP contribution in [0.25, 0.3) is 0 Å². The second kappa shape index (κ2) is 5.34. The van der Waals surface area contributed by atoms with Gasteiger partial charge in [-0.05, 0) is 36.8 Å². The van der Waals surface area contributed by atoms with Crippen LogP contribution in [0.2, 0.25) is 0 Å². The van der Waals surface area contributed by atoms with Gasteiger partial charge in [0.15, 0.2) is 0 Å². The minimum absolute atomic E-state index is 0.0115. The quantitative estimate of drug-likeness (QED) is 0.864. The summed E-state index contributed by atoms with van der Waals surface area (Å²) in [4.78, 5) is 12.2. The number of amides is 1. The van der Waals surface area contributed by atoms with Crippen LogP contribution in [-0.4, -0.2) is 25.7 Å². The summed E-state index contributed by atoms with van der Waals surface area (Å²) in [5.74, 6) is -0.657. The number of hydrogen-bond acceptors (Lipinski definition) is 4. The topological polar surface area (TPSA) is 63.7 Å². The molecule has 0 fully saturated rings. The maximum absolute atomic E-state index is 13.7. The van der Waals surface area contributed by atoms with Crippen molar-refractivity contribution < 1.29 is 22.3 Å². The molecule has 1 amide bonds. The van der Waals surface area contributed by atoms with Crippen LogP contribution < -0.4 is 4.74 Å². The Bertz CT molecular complexity index is 891. The van der Waals surface area contributed by atoms with Crippen LogP contribution in [0, 0.1) is 12.7 Å². The summed E-state index contributed by atoms with van der Waals surface area (Å²) >= 11 is 0. The molecule has 0 spiro atoms. The first-order chi connectivity index (χ1) is 10.9. The zero-order valence-electron chi connectivity index (χ0n) is 12.5. The number of rotatable bonds is 3. The summed E-state index contributed by atoms with van der Waals surface area (Å²) in [5, 5.41) is 0. The van der Waals surface area contributed by atoms with E-state index in [0.29, 0.717) is 11.3 Å². The van der Waals surface area contributed by atoms with Crippen LogP contribution in [0.5, 0.6) is 5.75 Å². The molecule has 5 nitrogen and oxygen atoms in total. The summed E-state index contributed by atoms with van der Waals surface area (Å²) in [6.07, 6.45) is 0. The largest absolute Gasteiger partial charge is 0.497 e. The third-order valence-corrected chi connectivity index (χ3v) is 5.75. The van der Waals surface area contributed by atoms with Gasteiger partial charge >= 0.3 is 0 Å². The fourth-order valence-corrected chi connectivity index (χ4v) is 4.35. The van der Waals surface area contributed by atoms with Gasteiger partial charge in [0.05, 0.1) is 19.2 Å². The standard InChI is InChI=1S/C16H14FNO4S/c1-10-14(17)8-7-13-15(10)23(20,21)18(16(13)19)9-11-3-5-12(22-2)6-4-11/h3-8H,9H2,1-2H3. The molecule has 3 rings (SSSR count). The highest BCUT2D eigenvalue weighted by atomic mass is 32.2. The molecule has 2 aromatic carbocycles. The average Bonchev–Trinajstić information content (AvgIpc) is 2.72. The lowest BCUT2D eigenvalue weighted by atomic mass is 10.1. The van der Waals surface area contributed by atoms with E-state index in [1.807, 2.05) is 0 Å². The molecule has 1 heterocycles. The van der Waals surface area contributed by atoms with Crippen LogP contribution in [0.3, 0.4) is 0 Å². The van der Waals surface area contributed by atoms with Crippen LogP contribution in [-0.2, 0) is 16.6 Å². The molecule has 1 aliphatic rings. The lowest BCUT2D eigenvalue weighted by molar-refractivity contribution is 0.0865. The van der Waals surface area contributed by atoms with Gasteiger partial charge in [0.25, 0.3) is 15.9 Å². The minimum atomic E-state index is -4.05. The Labute approximate surface area is 133 Å². The van der Waals surface area contributed by atoms with E-state index >= 15 is 0 Å². The van der Waals surface area contributed by atoms with Crippen LogP contribution >= 0.6 is 0 Å². The van der Waals surface area contributed by atoms with Gasteiger partial charge in [0.2, 0.25) is 0 Å². The van der Waals surface area contributed by atoms with E-state index in [1.54, 1.807) is 24.3 Å². The Kier molecular flexibility index (Phi) is 3.60. The number of methoxy groups -OCH3 is 1. The molecule has 120 valence electrons. The first kappa shape index (κ1) is 15.5. The van der Waals surface area contributed by atoms with Gasteiger partial charge in [-0.1, -0.05) is 12.1 Å². The maximum atomic E-state index is 13.7. The number of halogens is 1. The van der Waals surface area contributed by atoms with E-state index in [0.717, 1.165) is 10.4 Å². The number of hydrogen-bond donors (Lipinski definition) is 0. The highest BCUT2D eigenvalue weighted by Gasteiger charge is 2.42. The van der Waals surface area contributed by atoms with Crippen molar-refractivity contribution in [1.29, 1.82) is 0 Å². The highest BCUT2D eigenvalue weighted by Crippen LogP contribution is 2.35. The number of carbonyl (C=O) groups is 1. The molecule has 0 N–H and O–H groups in total. The van der Waals surface area contributed by atoms with E-state index in [9.17, 15) is 17.6 Å². The summed E-state index contributed by atoms with van der Waals surface area (Å²) in [6.45, 7) is 1.25. The van der Waals surface area contributed by atoms with Crippen molar-refractivity contribution in [2.24, 2.45) is 0 Å². The van der Waals surface area contributed by atoms with Crippen molar-refractivity contribution in [2.45, 2.75) is 18.4 Å².